The van der Waals surface area contributed by atoms with Crippen LogP contribution >= 0.6 is 0 Å². The lowest BCUT2D eigenvalue weighted by atomic mass is 10.0. The summed E-state index contributed by atoms with van der Waals surface area (Å²) in [7, 11) is 0. The Kier molecular flexibility index (Phi) is 5.22. The maximum absolute atomic E-state index is 11.6. The van der Waals surface area contributed by atoms with Gasteiger partial charge in [0.25, 0.3) is 0 Å². The predicted octanol–water partition coefficient (Wildman–Crippen LogP) is 1.61. The topological polar surface area (TPSA) is 61.6 Å². The van der Waals surface area contributed by atoms with E-state index in [1.165, 1.54) is 0 Å². The van der Waals surface area contributed by atoms with Gasteiger partial charge in [-0.05, 0) is 20.3 Å². The molecule has 16 heavy (non-hydrogen) atoms. The van der Waals surface area contributed by atoms with Crippen molar-refractivity contribution in [3.63, 3.8) is 0 Å². The molecule has 1 saturated heterocycles. The summed E-state index contributed by atoms with van der Waals surface area (Å²) in [5.74, 6) is -0.180. The molecule has 0 spiro atoms. The minimum atomic E-state index is -0.180. The van der Waals surface area contributed by atoms with Gasteiger partial charge in [-0.1, -0.05) is 6.92 Å². The van der Waals surface area contributed by atoms with Crippen LogP contribution in [0, 0.1) is 0 Å². The second-order valence-corrected chi connectivity index (χ2v) is 4.71. The van der Waals surface area contributed by atoms with E-state index in [1.807, 2.05) is 20.8 Å². The molecule has 0 amide bonds. The number of carbonyl (C=O) groups excluding carboxylic acids is 1. The first-order valence-corrected chi connectivity index (χ1v) is 6.11. The number of nitrogens with two attached hydrogens (primary N) is 1. The summed E-state index contributed by atoms with van der Waals surface area (Å²) in [4.78, 5) is 11.6. The van der Waals surface area contributed by atoms with Gasteiger partial charge >= 0.3 is 5.97 Å². The van der Waals surface area contributed by atoms with Gasteiger partial charge in [0.15, 0.2) is 0 Å². The summed E-state index contributed by atoms with van der Waals surface area (Å²) >= 11 is 0. The van der Waals surface area contributed by atoms with Crippen molar-refractivity contribution in [2.75, 3.05) is 0 Å². The SMILES string of the molecule is CCC(N)CC(=O)OC1CC(C)OC(C)C1. The molecule has 0 aromatic carbocycles. The molecule has 0 bridgehead atoms. The van der Waals surface area contributed by atoms with Crippen molar-refractivity contribution in [3.8, 4) is 0 Å². The molecule has 4 nitrogen and oxygen atoms in total. The Bertz CT molecular complexity index is 222. The highest BCUT2D eigenvalue weighted by atomic mass is 16.6. The second-order valence-electron chi connectivity index (χ2n) is 4.71. The van der Waals surface area contributed by atoms with Crippen LogP contribution in [0.1, 0.15) is 46.5 Å². The third-order valence-electron chi connectivity index (χ3n) is 2.91. The number of ether oxygens (including phenoxy) is 2. The molecule has 1 heterocycles. The van der Waals surface area contributed by atoms with Crippen molar-refractivity contribution in [1.29, 1.82) is 0 Å². The van der Waals surface area contributed by atoms with Gasteiger partial charge in [-0.25, -0.2) is 0 Å². The zero-order valence-electron chi connectivity index (χ0n) is 10.4. The zero-order valence-corrected chi connectivity index (χ0v) is 10.4. The molecule has 1 rings (SSSR count). The number of esters is 1. The molecular formula is C12H23NO3. The van der Waals surface area contributed by atoms with Crippen LogP contribution in [-0.4, -0.2) is 30.3 Å². The van der Waals surface area contributed by atoms with Crippen LogP contribution in [0.15, 0.2) is 0 Å². The van der Waals surface area contributed by atoms with Crippen LogP contribution in [-0.2, 0) is 14.3 Å². The maximum atomic E-state index is 11.6. The summed E-state index contributed by atoms with van der Waals surface area (Å²) in [6.45, 7) is 5.99. The summed E-state index contributed by atoms with van der Waals surface area (Å²) in [5.41, 5.74) is 5.71. The third-order valence-corrected chi connectivity index (χ3v) is 2.91. The minimum absolute atomic E-state index is 0.00435. The summed E-state index contributed by atoms with van der Waals surface area (Å²) in [5, 5.41) is 0. The number of hydrogen-bond acceptors (Lipinski definition) is 4. The average Bonchev–Trinajstić information content (AvgIpc) is 2.15. The first-order valence-electron chi connectivity index (χ1n) is 6.11. The molecule has 3 atom stereocenters. The molecule has 1 aliphatic heterocycles. The number of rotatable bonds is 4. The second kappa shape index (κ2) is 6.21. The van der Waals surface area contributed by atoms with Gasteiger partial charge in [0.2, 0.25) is 0 Å². The van der Waals surface area contributed by atoms with E-state index in [4.69, 9.17) is 15.2 Å². The Morgan fingerprint density at radius 2 is 2.00 bits per heavy atom. The van der Waals surface area contributed by atoms with Crippen molar-refractivity contribution in [2.45, 2.75) is 70.8 Å². The van der Waals surface area contributed by atoms with Crippen molar-refractivity contribution >= 4 is 5.97 Å². The van der Waals surface area contributed by atoms with Gasteiger partial charge in [0.05, 0.1) is 18.6 Å². The van der Waals surface area contributed by atoms with E-state index < -0.39 is 0 Å². The van der Waals surface area contributed by atoms with E-state index in [0.717, 1.165) is 19.3 Å². The largest absolute Gasteiger partial charge is 0.462 e. The van der Waals surface area contributed by atoms with Crippen molar-refractivity contribution in [3.05, 3.63) is 0 Å². The maximum Gasteiger partial charge on any atom is 0.307 e. The first-order chi connectivity index (χ1) is 7.51. The lowest BCUT2D eigenvalue weighted by Gasteiger charge is -2.31. The van der Waals surface area contributed by atoms with E-state index in [9.17, 15) is 4.79 Å². The number of hydrogen-bond donors (Lipinski definition) is 1. The molecule has 1 fully saturated rings. The molecule has 0 radical (unpaired) electrons. The molecule has 1 aliphatic rings. The highest BCUT2D eigenvalue weighted by Gasteiger charge is 2.27. The van der Waals surface area contributed by atoms with Gasteiger partial charge in [0.1, 0.15) is 6.10 Å². The van der Waals surface area contributed by atoms with E-state index in [1.54, 1.807) is 0 Å². The molecule has 0 aromatic rings. The normalized spacial score (nSPS) is 32.1. The Morgan fingerprint density at radius 1 is 1.44 bits per heavy atom. The monoisotopic (exact) mass is 229 g/mol. The quantitative estimate of drug-likeness (QED) is 0.744. The van der Waals surface area contributed by atoms with Crippen LogP contribution < -0.4 is 5.73 Å². The van der Waals surface area contributed by atoms with Gasteiger partial charge in [0, 0.05) is 18.9 Å². The van der Waals surface area contributed by atoms with E-state index >= 15 is 0 Å². The van der Waals surface area contributed by atoms with Gasteiger partial charge in [-0.3, -0.25) is 4.79 Å². The Morgan fingerprint density at radius 3 is 2.50 bits per heavy atom. The summed E-state index contributed by atoms with van der Waals surface area (Å²) in [6.07, 6.45) is 3.03. The summed E-state index contributed by atoms with van der Waals surface area (Å²) in [6, 6.07) is -0.0813. The highest BCUT2D eigenvalue weighted by Crippen LogP contribution is 2.22. The van der Waals surface area contributed by atoms with Gasteiger partial charge < -0.3 is 15.2 Å². The average molecular weight is 229 g/mol. The zero-order chi connectivity index (χ0) is 12.1. The predicted molar refractivity (Wildman–Crippen MR) is 62.0 cm³/mol. The lowest BCUT2D eigenvalue weighted by molar-refractivity contribution is -0.160. The molecule has 0 saturated carbocycles. The molecular weight excluding hydrogens is 206 g/mol. The van der Waals surface area contributed by atoms with Crippen LogP contribution in [0.3, 0.4) is 0 Å². The molecule has 94 valence electrons. The molecule has 3 unspecified atom stereocenters. The van der Waals surface area contributed by atoms with Crippen molar-refractivity contribution < 1.29 is 14.3 Å². The molecule has 2 N–H and O–H groups in total. The Hall–Kier alpha value is -0.610. The lowest BCUT2D eigenvalue weighted by Crippen LogP contribution is -2.36. The van der Waals surface area contributed by atoms with E-state index in [0.29, 0.717) is 6.42 Å². The van der Waals surface area contributed by atoms with E-state index in [-0.39, 0.29) is 30.3 Å². The highest BCUT2D eigenvalue weighted by molar-refractivity contribution is 5.70. The standard InChI is InChI=1S/C12H23NO3/c1-4-10(13)7-12(14)16-11-5-8(2)15-9(3)6-11/h8-11H,4-7,13H2,1-3H3. The minimum Gasteiger partial charge on any atom is -0.462 e. The molecule has 0 aliphatic carbocycles. The van der Waals surface area contributed by atoms with Crippen LogP contribution in [0.5, 0.6) is 0 Å². The van der Waals surface area contributed by atoms with Crippen molar-refractivity contribution in [1.82, 2.24) is 0 Å². The van der Waals surface area contributed by atoms with Crippen LogP contribution in [0.2, 0.25) is 0 Å². The van der Waals surface area contributed by atoms with Crippen molar-refractivity contribution in [2.24, 2.45) is 5.73 Å². The van der Waals surface area contributed by atoms with Gasteiger partial charge in [-0.15, -0.1) is 0 Å². The first kappa shape index (κ1) is 13.5. The Balaban J connectivity index is 2.33. The fraction of sp³-hybridized carbons (Fsp3) is 0.917. The molecule has 4 heteroatoms. The Labute approximate surface area is 97.5 Å². The van der Waals surface area contributed by atoms with E-state index in [2.05, 4.69) is 0 Å². The fourth-order valence-corrected chi connectivity index (χ4v) is 2.03. The summed E-state index contributed by atoms with van der Waals surface area (Å²) < 4.78 is 11.0. The molecule has 0 aromatic heterocycles. The number of carbonyl (C=O) groups is 1. The van der Waals surface area contributed by atoms with Gasteiger partial charge in [-0.2, -0.15) is 0 Å². The fourth-order valence-electron chi connectivity index (χ4n) is 2.03. The van der Waals surface area contributed by atoms with Crippen LogP contribution in [0.25, 0.3) is 0 Å². The van der Waals surface area contributed by atoms with Crippen LogP contribution in [0.4, 0.5) is 0 Å². The third kappa shape index (κ3) is 4.49. The smallest absolute Gasteiger partial charge is 0.307 e.